The van der Waals surface area contributed by atoms with Gasteiger partial charge in [-0.1, -0.05) is 30.3 Å². The molecule has 0 atom stereocenters. The molecule has 1 aliphatic rings. The molecule has 0 saturated carbocycles. The van der Waals surface area contributed by atoms with Crippen molar-refractivity contribution in [1.82, 2.24) is 5.32 Å². The van der Waals surface area contributed by atoms with Gasteiger partial charge in [-0.15, -0.1) is 0 Å². The number of benzene rings is 2. The smallest absolute Gasteiger partial charge is 0.335 e. The SMILES string of the molecule is O=C1NC(Nc2ccc(C(=O)O)cc2)=N/C1=C\c1ccccc1. The normalized spacial score (nSPS) is 15.2. The number of amides is 1. The minimum Gasteiger partial charge on any atom is -0.478 e. The summed E-state index contributed by atoms with van der Waals surface area (Å²) in [6.07, 6.45) is 1.69. The summed E-state index contributed by atoms with van der Waals surface area (Å²) >= 11 is 0. The van der Waals surface area contributed by atoms with Gasteiger partial charge in [-0.3, -0.25) is 10.1 Å². The van der Waals surface area contributed by atoms with Crippen LogP contribution in [0.15, 0.2) is 65.3 Å². The van der Waals surface area contributed by atoms with E-state index in [1.54, 1.807) is 18.2 Å². The van der Waals surface area contributed by atoms with E-state index in [4.69, 9.17) is 5.11 Å². The number of nitrogens with zero attached hydrogens (tertiary/aromatic N) is 1. The van der Waals surface area contributed by atoms with E-state index in [9.17, 15) is 9.59 Å². The second kappa shape index (κ2) is 6.15. The first-order valence-corrected chi connectivity index (χ1v) is 6.89. The summed E-state index contributed by atoms with van der Waals surface area (Å²) in [6, 6.07) is 15.6. The quantitative estimate of drug-likeness (QED) is 0.759. The molecule has 1 amide bonds. The van der Waals surface area contributed by atoms with E-state index in [0.717, 1.165) is 5.56 Å². The topological polar surface area (TPSA) is 90.8 Å². The number of rotatable bonds is 3. The molecule has 0 saturated heterocycles. The number of anilines is 1. The zero-order valence-electron chi connectivity index (χ0n) is 12.0. The molecule has 3 rings (SSSR count). The number of carbonyl (C=O) groups is 2. The van der Waals surface area contributed by atoms with E-state index in [0.29, 0.717) is 17.3 Å². The van der Waals surface area contributed by atoms with Crippen molar-refractivity contribution in [1.29, 1.82) is 0 Å². The minimum atomic E-state index is -0.990. The lowest BCUT2D eigenvalue weighted by atomic mass is 10.2. The third kappa shape index (κ3) is 3.44. The van der Waals surface area contributed by atoms with Gasteiger partial charge in [-0.25, -0.2) is 9.79 Å². The van der Waals surface area contributed by atoms with Crippen molar-refractivity contribution in [2.24, 2.45) is 4.99 Å². The monoisotopic (exact) mass is 307 g/mol. The van der Waals surface area contributed by atoms with E-state index < -0.39 is 5.97 Å². The lowest BCUT2D eigenvalue weighted by molar-refractivity contribution is -0.115. The Balaban J connectivity index is 1.76. The predicted molar refractivity (Wildman–Crippen MR) is 87.0 cm³/mol. The van der Waals surface area contributed by atoms with Crippen LogP contribution < -0.4 is 10.6 Å². The molecule has 0 unspecified atom stereocenters. The molecule has 0 aromatic heterocycles. The van der Waals surface area contributed by atoms with E-state index in [1.165, 1.54) is 12.1 Å². The first-order chi connectivity index (χ1) is 11.1. The van der Waals surface area contributed by atoms with Crippen LogP contribution in [0, 0.1) is 0 Å². The summed E-state index contributed by atoms with van der Waals surface area (Å²) in [7, 11) is 0. The summed E-state index contributed by atoms with van der Waals surface area (Å²) in [5, 5.41) is 14.4. The number of aliphatic imine (C=N–C) groups is 1. The van der Waals surface area contributed by atoms with E-state index in [2.05, 4.69) is 15.6 Å². The van der Waals surface area contributed by atoms with Crippen molar-refractivity contribution in [2.45, 2.75) is 0 Å². The molecule has 2 aromatic carbocycles. The Morgan fingerprint density at radius 2 is 1.78 bits per heavy atom. The number of hydrogen-bond donors (Lipinski definition) is 3. The van der Waals surface area contributed by atoms with Crippen molar-refractivity contribution in [3.63, 3.8) is 0 Å². The van der Waals surface area contributed by atoms with Crippen LogP contribution in [0.3, 0.4) is 0 Å². The Morgan fingerprint density at radius 1 is 1.09 bits per heavy atom. The van der Waals surface area contributed by atoms with Crippen LogP contribution in [-0.2, 0) is 4.79 Å². The molecule has 6 heteroatoms. The maximum Gasteiger partial charge on any atom is 0.335 e. The van der Waals surface area contributed by atoms with Crippen molar-refractivity contribution in [3.05, 3.63) is 71.4 Å². The largest absolute Gasteiger partial charge is 0.478 e. The molecule has 0 aliphatic carbocycles. The Labute approximate surface area is 132 Å². The van der Waals surface area contributed by atoms with Gasteiger partial charge >= 0.3 is 5.97 Å². The molecule has 0 spiro atoms. The molecule has 0 radical (unpaired) electrons. The van der Waals surface area contributed by atoms with Crippen LogP contribution >= 0.6 is 0 Å². The molecule has 6 nitrogen and oxygen atoms in total. The highest BCUT2D eigenvalue weighted by molar-refractivity contribution is 6.17. The van der Waals surface area contributed by atoms with E-state index >= 15 is 0 Å². The third-order valence-electron chi connectivity index (χ3n) is 3.19. The molecule has 114 valence electrons. The Morgan fingerprint density at radius 3 is 2.43 bits per heavy atom. The number of carbonyl (C=O) groups excluding carboxylic acids is 1. The van der Waals surface area contributed by atoms with Crippen LogP contribution in [0.25, 0.3) is 6.08 Å². The standard InChI is InChI=1S/C17H13N3O3/c21-15-14(10-11-4-2-1-3-5-11)19-17(20-15)18-13-8-6-12(7-9-13)16(22)23/h1-10H,(H,22,23)(H2,18,19,20,21)/b14-10-. The second-order valence-electron chi connectivity index (χ2n) is 4.86. The number of carboxylic acids is 1. The van der Waals surface area contributed by atoms with Gasteiger partial charge in [0.1, 0.15) is 5.70 Å². The first kappa shape index (κ1) is 14.5. The number of carboxylic acid groups (broad SMARTS) is 1. The van der Waals surface area contributed by atoms with Gasteiger partial charge in [0.05, 0.1) is 5.56 Å². The van der Waals surface area contributed by atoms with Crippen LogP contribution in [0.4, 0.5) is 5.69 Å². The number of aromatic carboxylic acids is 1. The van der Waals surface area contributed by atoms with Gasteiger partial charge in [-0.2, -0.15) is 0 Å². The maximum absolute atomic E-state index is 11.9. The summed E-state index contributed by atoms with van der Waals surface area (Å²) in [6.45, 7) is 0. The fourth-order valence-electron chi connectivity index (χ4n) is 2.07. The van der Waals surface area contributed by atoms with E-state index in [1.807, 2.05) is 30.3 Å². The molecule has 0 fully saturated rings. The molecule has 3 N–H and O–H groups in total. The molecular weight excluding hydrogens is 294 g/mol. The number of nitrogens with one attached hydrogen (secondary N) is 2. The summed E-state index contributed by atoms with van der Waals surface area (Å²) < 4.78 is 0. The molecular formula is C17H13N3O3. The van der Waals surface area contributed by atoms with Crippen molar-refractivity contribution in [2.75, 3.05) is 5.32 Å². The van der Waals surface area contributed by atoms with Crippen molar-refractivity contribution >= 4 is 29.6 Å². The molecule has 1 aliphatic heterocycles. The van der Waals surface area contributed by atoms with Gasteiger partial charge in [0.2, 0.25) is 5.96 Å². The van der Waals surface area contributed by atoms with E-state index in [-0.39, 0.29) is 11.5 Å². The lowest BCUT2D eigenvalue weighted by Crippen LogP contribution is -2.29. The van der Waals surface area contributed by atoms with Gasteiger partial charge in [0, 0.05) is 5.69 Å². The maximum atomic E-state index is 11.9. The molecule has 23 heavy (non-hydrogen) atoms. The first-order valence-electron chi connectivity index (χ1n) is 6.89. The van der Waals surface area contributed by atoms with Crippen LogP contribution in [0.1, 0.15) is 15.9 Å². The molecule has 0 bridgehead atoms. The Bertz CT molecular complexity index is 809. The molecule has 2 aromatic rings. The summed E-state index contributed by atoms with van der Waals surface area (Å²) in [5.74, 6) is -0.977. The zero-order chi connectivity index (χ0) is 16.2. The Kier molecular flexibility index (Phi) is 3.88. The minimum absolute atomic E-state index is 0.192. The van der Waals surface area contributed by atoms with Crippen molar-refractivity contribution in [3.8, 4) is 0 Å². The molecule has 1 heterocycles. The Hall–Kier alpha value is -3.41. The zero-order valence-corrected chi connectivity index (χ0v) is 12.0. The van der Waals surface area contributed by atoms with Gasteiger partial charge in [-0.05, 0) is 35.9 Å². The summed E-state index contributed by atoms with van der Waals surface area (Å²) in [4.78, 5) is 26.9. The predicted octanol–water partition coefficient (Wildman–Crippen LogP) is 2.32. The van der Waals surface area contributed by atoms with Crippen LogP contribution in [-0.4, -0.2) is 22.9 Å². The van der Waals surface area contributed by atoms with Gasteiger partial charge in [0.25, 0.3) is 5.91 Å². The van der Waals surface area contributed by atoms with Crippen LogP contribution in [0.2, 0.25) is 0 Å². The van der Waals surface area contributed by atoms with Crippen LogP contribution in [0.5, 0.6) is 0 Å². The highest BCUT2D eigenvalue weighted by atomic mass is 16.4. The number of hydrogen-bond acceptors (Lipinski definition) is 4. The average Bonchev–Trinajstić information content (AvgIpc) is 2.88. The highest BCUT2D eigenvalue weighted by Gasteiger charge is 2.20. The lowest BCUT2D eigenvalue weighted by Gasteiger charge is -2.05. The van der Waals surface area contributed by atoms with Crippen molar-refractivity contribution < 1.29 is 14.7 Å². The fraction of sp³-hybridized carbons (Fsp3) is 0. The van der Waals surface area contributed by atoms with Gasteiger partial charge in [0.15, 0.2) is 0 Å². The summed E-state index contributed by atoms with van der Waals surface area (Å²) in [5.41, 5.74) is 2.02. The number of guanidine groups is 1. The third-order valence-corrected chi connectivity index (χ3v) is 3.19. The average molecular weight is 307 g/mol. The fourth-order valence-corrected chi connectivity index (χ4v) is 2.07. The highest BCUT2D eigenvalue weighted by Crippen LogP contribution is 2.14. The van der Waals surface area contributed by atoms with Gasteiger partial charge < -0.3 is 10.4 Å². The second-order valence-corrected chi connectivity index (χ2v) is 4.86.